The smallest absolute Gasteiger partial charge is 0.307 e. The quantitative estimate of drug-likeness (QED) is 0.280. The number of aliphatic carboxylic acids is 1. The number of carboxylic acids is 1. The van der Waals surface area contributed by atoms with Gasteiger partial charge in [-0.1, -0.05) is 76.5 Å². The zero-order valence-electron chi connectivity index (χ0n) is 14.1. The summed E-state index contributed by atoms with van der Waals surface area (Å²) in [6.07, 6.45) is 13.3. The van der Waals surface area contributed by atoms with Crippen molar-refractivity contribution < 1.29 is 9.90 Å². The molecule has 0 spiro atoms. The van der Waals surface area contributed by atoms with Gasteiger partial charge < -0.3 is 5.11 Å². The first-order valence-corrected chi connectivity index (χ1v) is 11.1. The summed E-state index contributed by atoms with van der Waals surface area (Å²) < 4.78 is -0.869. The van der Waals surface area contributed by atoms with Crippen molar-refractivity contribution in [3.63, 3.8) is 0 Å². The van der Waals surface area contributed by atoms with Crippen molar-refractivity contribution in [1.82, 2.24) is 0 Å². The molecule has 2 atom stereocenters. The van der Waals surface area contributed by atoms with Crippen LogP contribution in [0, 0.1) is 0 Å². The van der Waals surface area contributed by atoms with E-state index in [1.807, 2.05) is 0 Å². The van der Waals surface area contributed by atoms with Crippen molar-refractivity contribution in [2.24, 2.45) is 10.2 Å². The Bertz CT molecular complexity index is 369. The Morgan fingerprint density at radius 3 is 2.26 bits per heavy atom. The molecule has 4 nitrogen and oxygen atoms in total. The number of hydrogen-bond donors (Lipinski definition) is 2. The molecule has 0 saturated heterocycles. The van der Waals surface area contributed by atoms with Gasteiger partial charge in [0.1, 0.15) is 0 Å². The van der Waals surface area contributed by atoms with E-state index in [4.69, 9.17) is 5.11 Å². The number of thioether (sulfide) groups is 2. The van der Waals surface area contributed by atoms with E-state index in [1.165, 1.54) is 76.0 Å². The molecular formula is C16H30N2O2S3. The molecule has 0 fully saturated rings. The molecule has 134 valence electrons. The second-order valence-corrected chi connectivity index (χ2v) is 9.89. The van der Waals surface area contributed by atoms with Crippen LogP contribution in [0.25, 0.3) is 0 Å². The van der Waals surface area contributed by atoms with Crippen molar-refractivity contribution >= 4 is 42.1 Å². The lowest BCUT2D eigenvalue weighted by Gasteiger charge is -2.15. The van der Waals surface area contributed by atoms with Gasteiger partial charge in [0.05, 0.1) is 6.42 Å². The first-order chi connectivity index (χ1) is 11.1. The number of hydrogen-bond acceptors (Lipinski definition) is 6. The lowest BCUT2D eigenvalue weighted by atomic mass is 10.1. The number of thiol groups is 1. The van der Waals surface area contributed by atoms with Crippen LogP contribution < -0.4 is 0 Å². The molecule has 1 aliphatic heterocycles. The van der Waals surface area contributed by atoms with Gasteiger partial charge in [0.25, 0.3) is 0 Å². The van der Waals surface area contributed by atoms with Crippen molar-refractivity contribution in [2.75, 3.05) is 5.75 Å². The van der Waals surface area contributed by atoms with Gasteiger partial charge in [-0.3, -0.25) is 4.79 Å². The molecule has 7 heteroatoms. The summed E-state index contributed by atoms with van der Waals surface area (Å²) in [4.78, 5) is 10.8. The Morgan fingerprint density at radius 2 is 1.70 bits per heavy atom. The largest absolute Gasteiger partial charge is 0.481 e. The van der Waals surface area contributed by atoms with E-state index < -0.39 is 10.2 Å². The van der Waals surface area contributed by atoms with Gasteiger partial charge in [-0.15, -0.1) is 24.4 Å². The van der Waals surface area contributed by atoms with Gasteiger partial charge in [0.2, 0.25) is 0 Å². The van der Waals surface area contributed by atoms with Gasteiger partial charge in [0.15, 0.2) is 8.91 Å². The van der Waals surface area contributed by atoms with E-state index >= 15 is 0 Å². The summed E-state index contributed by atoms with van der Waals surface area (Å²) in [5, 5.41) is 17.0. The predicted molar refractivity (Wildman–Crippen MR) is 105 cm³/mol. The fourth-order valence-electron chi connectivity index (χ4n) is 2.46. The maximum atomic E-state index is 10.8. The standard InChI is InChI=1S/C16H30N2O2S3/c1-2-3-4-5-6-7-8-9-10-11-12-22-15-17-18-16(21,23-15)13-14(19)20/h15,21H,2-13H2,1H3,(H,19,20). The fourth-order valence-corrected chi connectivity index (χ4v) is 5.60. The minimum Gasteiger partial charge on any atom is -0.481 e. The van der Waals surface area contributed by atoms with Crippen LogP contribution in [-0.4, -0.2) is 25.7 Å². The van der Waals surface area contributed by atoms with Crippen LogP contribution in [0.15, 0.2) is 10.2 Å². The first-order valence-electron chi connectivity index (χ1n) is 8.71. The summed E-state index contributed by atoms with van der Waals surface area (Å²) in [5.74, 6) is 0.177. The van der Waals surface area contributed by atoms with Crippen molar-refractivity contribution in [3.8, 4) is 0 Å². The first kappa shape index (κ1) is 21.2. The third-order valence-corrected chi connectivity index (χ3v) is 6.80. The van der Waals surface area contributed by atoms with Crippen LogP contribution in [-0.2, 0) is 4.79 Å². The van der Waals surface area contributed by atoms with Crippen LogP contribution >= 0.6 is 36.2 Å². The van der Waals surface area contributed by atoms with E-state index in [1.54, 1.807) is 11.8 Å². The fraction of sp³-hybridized carbons (Fsp3) is 0.938. The summed E-state index contributed by atoms with van der Waals surface area (Å²) >= 11 is 7.51. The SMILES string of the molecule is CCCCCCCCCCCCSC1N=NC(S)(CC(=O)O)S1. The zero-order chi connectivity index (χ0) is 17.0. The summed E-state index contributed by atoms with van der Waals surface area (Å²) in [5.41, 5.74) is 0. The topological polar surface area (TPSA) is 62.0 Å². The predicted octanol–water partition coefficient (Wildman–Crippen LogP) is 6.18. The Labute approximate surface area is 154 Å². The van der Waals surface area contributed by atoms with Crippen LogP contribution in [0.2, 0.25) is 0 Å². The number of nitrogens with zero attached hydrogens (tertiary/aromatic N) is 2. The molecule has 0 aromatic heterocycles. The van der Waals surface area contributed by atoms with E-state index in [-0.39, 0.29) is 11.1 Å². The van der Waals surface area contributed by atoms with Crippen LogP contribution in [0.1, 0.15) is 77.6 Å². The Hall–Kier alpha value is 0.120. The molecule has 0 amide bonds. The second kappa shape index (κ2) is 12.5. The Morgan fingerprint density at radius 1 is 1.13 bits per heavy atom. The van der Waals surface area contributed by atoms with Crippen LogP contribution in [0.3, 0.4) is 0 Å². The number of unbranched alkanes of at least 4 members (excludes halogenated alkanes) is 9. The maximum absolute atomic E-state index is 10.8. The molecule has 23 heavy (non-hydrogen) atoms. The molecule has 1 rings (SSSR count). The van der Waals surface area contributed by atoms with E-state index in [0.717, 1.165) is 5.75 Å². The number of rotatable bonds is 14. The van der Waals surface area contributed by atoms with Gasteiger partial charge >= 0.3 is 5.97 Å². The normalized spacial score (nSPS) is 23.5. The maximum Gasteiger partial charge on any atom is 0.307 e. The molecule has 1 heterocycles. The molecule has 0 saturated carbocycles. The highest BCUT2D eigenvalue weighted by molar-refractivity contribution is 8.22. The van der Waals surface area contributed by atoms with Gasteiger partial charge in [-0.25, -0.2) is 0 Å². The highest BCUT2D eigenvalue weighted by Crippen LogP contribution is 2.47. The molecular weight excluding hydrogens is 348 g/mol. The molecule has 0 aromatic rings. The number of carboxylic acid groups (broad SMARTS) is 1. The lowest BCUT2D eigenvalue weighted by Crippen LogP contribution is -2.16. The summed E-state index contributed by atoms with van der Waals surface area (Å²) in [6.45, 7) is 2.26. The van der Waals surface area contributed by atoms with Crippen molar-refractivity contribution in [3.05, 3.63) is 0 Å². The third-order valence-electron chi connectivity index (χ3n) is 3.74. The van der Waals surface area contributed by atoms with E-state index in [9.17, 15) is 4.79 Å². The molecule has 0 aliphatic carbocycles. The Kier molecular flexibility index (Phi) is 11.5. The second-order valence-electron chi connectivity index (χ2n) is 6.01. The van der Waals surface area contributed by atoms with Gasteiger partial charge in [-0.2, -0.15) is 10.2 Å². The van der Waals surface area contributed by atoms with E-state index in [2.05, 4.69) is 29.8 Å². The highest BCUT2D eigenvalue weighted by atomic mass is 32.2. The monoisotopic (exact) mass is 378 g/mol. The third kappa shape index (κ3) is 10.6. The van der Waals surface area contributed by atoms with Crippen LogP contribution in [0.4, 0.5) is 0 Å². The van der Waals surface area contributed by atoms with E-state index in [0.29, 0.717) is 0 Å². The van der Waals surface area contributed by atoms with Crippen LogP contribution in [0.5, 0.6) is 0 Å². The van der Waals surface area contributed by atoms with Gasteiger partial charge in [-0.05, 0) is 12.2 Å². The van der Waals surface area contributed by atoms with Crippen molar-refractivity contribution in [2.45, 2.75) is 86.5 Å². The zero-order valence-corrected chi connectivity index (χ0v) is 16.6. The molecule has 1 aliphatic rings. The Balaban J connectivity index is 1.91. The number of azo groups is 1. The molecule has 0 aromatic carbocycles. The molecule has 1 N–H and O–H groups in total. The average Bonchev–Trinajstić information content (AvgIpc) is 2.85. The lowest BCUT2D eigenvalue weighted by molar-refractivity contribution is -0.137. The minimum absolute atomic E-state index is 0.00501. The molecule has 0 bridgehead atoms. The summed E-state index contributed by atoms with van der Waals surface area (Å²) in [6, 6.07) is 0. The average molecular weight is 379 g/mol. The minimum atomic E-state index is -0.883. The molecule has 0 radical (unpaired) electrons. The highest BCUT2D eigenvalue weighted by Gasteiger charge is 2.37. The summed E-state index contributed by atoms with van der Waals surface area (Å²) in [7, 11) is 0. The van der Waals surface area contributed by atoms with Gasteiger partial charge in [0, 0.05) is 0 Å². The number of carbonyl (C=O) groups is 1. The van der Waals surface area contributed by atoms with Crippen molar-refractivity contribution in [1.29, 1.82) is 0 Å². The molecule has 2 unspecified atom stereocenters.